The maximum Gasteiger partial charge on any atom is 0.434 e. The van der Waals surface area contributed by atoms with E-state index in [0.717, 1.165) is 40.6 Å². The van der Waals surface area contributed by atoms with Gasteiger partial charge in [0.15, 0.2) is 11.5 Å². The van der Waals surface area contributed by atoms with Crippen molar-refractivity contribution in [2.24, 2.45) is 4.99 Å². The zero-order valence-electron chi connectivity index (χ0n) is 28.9. The van der Waals surface area contributed by atoms with E-state index in [2.05, 4.69) is 15.0 Å². The minimum atomic E-state index is -4.55. The van der Waals surface area contributed by atoms with Gasteiger partial charge in [-0.1, -0.05) is 30.3 Å². The number of nitrogens with zero attached hydrogens (tertiary/aromatic N) is 5. The Morgan fingerprint density at radius 1 is 0.811 bits per heavy atom. The summed E-state index contributed by atoms with van der Waals surface area (Å²) in [4.78, 5) is 39.7. The third-order valence-electron chi connectivity index (χ3n) is 9.96. The van der Waals surface area contributed by atoms with E-state index in [1.54, 1.807) is 34.6 Å². The molecule has 4 aromatic rings. The van der Waals surface area contributed by atoms with Crippen LogP contribution in [-0.4, -0.2) is 49.3 Å². The number of aromatic nitrogens is 2. The smallest absolute Gasteiger partial charge is 0.388 e. The minimum Gasteiger partial charge on any atom is -0.388 e. The molecule has 1 aromatic heterocycles. The third kappa shape index (κ3) is 6.72. The molecule has 4 heterocycles. The lowest BCUT2D eigenvalue weighted by atomic mass is 9.90. The molecular weight excluding hydrogens is 706 g/mol. The Labute approximate surface area is 299 Å². The number of aliphatic imine (C=N–C) groups is 1. The van der Waals surface area contributed by atoms with Crippen molar-refractivity contribution in [3.8, 4) is 0 Å². The van der Waals surface area contributed by atoms with Crippen LogP contribution in [0.25, 0.3) is 0 Å². The van der Waals surface area contributed by atoms with Gasteiger partial charge in [0.25, 0.3) is 5.91 Å². The van der Waals surface area contributed by atoms with Crippen molar-refractivity contribution in [3.63, 3.8) is 0 Å². The molecule has 0 saturated carbocycles. The summed E-state index contributed by atoms with van der Waals surface area (Å²) in [6.07, 6.45) is -6.86. The number of hydrogen-bond donors (Lipinski definition) is 3. The number of amidine groups is 1. The fourth-order valence-electron chi connectivity index (χ4n) is 7.19. The number of anilines is 1. The first-order chi connectivity index (χ1) is 24.8. The molecular formula is C37H34F6N6O4. The Kier molecular flexibility index (Phi) is 9.35. The molecule has 16 heteroatoms. The van der Waals surface area contributed by atoms with E-state index in [1.165, 1.54) is 6.07 Å². The summed E-state index contributed by atoms with van der Waals surface area (Å²) in [5.74, 6) is -0.0450. The van der Waals surface area contributed by atoms with Gasteiger partial charge in [0.05, 0.1) is 34.7 Å². The number of nitrogens with one attached hydrogen (secondary N) is 1. The highest BCUT2D eigenvalue weighted by Crippen LogP contribution is 2.45. The van der Waals surface area contributed by atoms with Crippen LogP contribution in [0.3, 0.4) is 0 Å². The van der Waals surface area contributed by atoms with Gasteiger partial charge in [0.1, 0.15) is 18.3 Å². The normalized spacial score (nSPS) is 16.6. The highest BCUT2D eigenvalue weighted by molar-refractivity contribution is 5.99. The van der Waals surface area contributed by atoms with Gasteiger partial charge in [0, 0.05) is 30.6 Å². The summed E-state index contributed by atoms with van der Waals surface area (Å²) in [7, 11) is 0. The summed E-state index contributed by atoms with van der Waals surface area (Å²) in [6, 6.07) is 14.1. The molecule has 3 aliphatic heterocycles. The van der Waals surface area contributed by atoms with Crippen LogP contribution in [-0.2, 0) is 42.9 Å². The average molecular weight is 741 g/mol. The Morgan fingerprint density at radius 3 is 1.98 bits per heavy atom. The van der Waals surface area contributed by atoms with E-state index in [0.29, 0.717) is 47.5 Å². The molecule has 0 spiro atoms. The minimum absolute atomic E-state index is 0.289. The van der Waals surface area contributed by atoms with Gasteiger partial charge in [-0.15, -0.1) is 0 Å². The molecule has 0 saturated heterocycles. The number of aliphatic hydroxyl groups excluding tert-OH is 1. The largest absolute Gasteiger partial charge is 0.434 e. The molecule has 0 unspecified atom stereocenters. The molecule has 3 aromatic carbocycles. The highest BCUT2D eigenvalue weighted by Gasteiger charge is 2.43. The Balaban J connectivity index is 0.000000183. The number of halogens is 6. The highest BCUT2D eigenvalue weighted by atomic mass is 19.4. The quantitative estimate of drug-likeness (QED) is 0.0876. The van der Waals surface area contributed by atoms with Crippen LogP contribution in [0.15, 0.2) is 72.0 Å². The van der Waals surface area contributed by atoms with Gasteiger partial charge in [0.2, 0.25) is 0 Å². The van der Waals surface area contributed by atoms with Crippen LogP contribution < -0.4 is 10.4 Å². The lowest BCUT2D eigenvalue weighted by Crippen LogP contribution is -2.40. The van der Waals surface area contributed by atoms with Crippen LogP contribution >= 0.6 is 0 Å². The number of Topliss-reactive ketones (excluding diaryl/α,β-unsaturated/α-hetero) is 1. The molecule has 0 atom stereocenters. The number of benzene rings is 3. The number of aliphatic hydroxyl groups is 1. The van der Waals surface area contributed by atoms with Gasteiger partial charge in [-0.2, -0.15) is 26.3 Å². The molecule has 0 fully saturated rings. The van der Waals surface area contributed by atoms with E-state index in [1.807, 2.05) is 44.7 Å². The maximum absolute atomic E-state index is 13.0. The molecule has 0 aliphatic carbocycles. The van der Waals surface area contributed by atoms with Crippen molar-refractivity contribution < 1.29 is 46.2 Å². The van der Waals surface area contributed by atoms with E-state index in [4.69, 9.17) is 10.3 Å². The van der Waals surface area contributed by atoms with Crippen LogP contribution in [0.4, 0.5) is 37.8 Å². The fraction of sp³-hybridized carbons (Fsp3) is 0.324. The summed E-state index contributed by atoms with van der Waals surface area (Å²) in [5, 5.41) is 18.2. The Bertz CT molecular complexity index is 2130. The van der Waals surface area contributed by atoms with E-state index in [-0.39, 0.29) is 12.2 Å². The predicted molar refractivity (Wildman–Crippen MR) is 181 cm³/mol. The van der Waals surface area contributed by atoms with Gasteiger partial charge in [-0.05, 0) is 79.8 Å². The number of carbonyl (C=O) groups excluding carboxylic acids is 2. The number of alkyl halides is 6. The van der Waals surface area contributed by atoms with Crippen LogP contribution in [0.5, 0.6) is 0 Å². The molecule has 3 N–H and O–H groups in total. The number of fused-ring (bicyclic) bond motifs is 3. The van der Waals surface area contributed by atoms with Crippen molar-refractivity contribution in [2.75, 3.05) is 11.5 Å². The molecule has 3 aliphatic rings. The molecule has 53 heavy (non-hydrogen) atoms. The molecule has 278 valence electrons. The summed E-state index contributed by atoms with van der Waals surface area (Å²) in [6.45, 7) is 7.82. The van der Waals surface area contributed by atoms with E-state index in [9.17, 15) is 35.9 Å². The summed E-state index contributed by atoms with van der Waals surface area (Å²) >= 11 is 0. The topological polar surface area (TPSA) is 131 Å². The van der Waals surface area contributed by atoms with Gasteiger partial charge >= 0.3 is 12.4 Å². The van der Waals surface area contributed by atoms with E-state index >= 15 is 0 Å². The van der Waals surface area contributed by atoms with Crippen molar-refractivity contribution in [1.29, 1.82) is 0 Å². The number of carbonyl (C=O) groups is 2. The number of hydroxylamine groups is 1. The van der Waals surface area contributed by atoms with Crippen molar-refractivity contribution in [1.82, 2.24) is 20.3 Å². The zero-order valence-corrected chi connectivity index (χ0v) is 28.9. The first-order valence-electron chi connectivity index (χ1n) is 16.3. The van der Waals surface area contributed by atoms with Crippen molar-refractivity contribution in [3.05, 3.63) is 117 Å². The van der Waals surface area contributed by atoms with Gasteiger partial charge in [-0.25, -0.2) is 20.4 Å². The molecule has 0 bridgehead atoms. The molecule has 0 radical (unpaired) electrons. The first-order valence-corrected chi connectivity index (χ1v) is 16.3. The average Bonchev–Trinajstić information content (AvgIpc) is 3.75. The number of ketones is 1. The number of amides is 1. The predicted octanol–water partition coefficient (Wildman–Crippen LogP) is 7.09. The second-order valence-electron chi connectivity index (χ2n) is 13.8. The standard InChI is InChI=1S/C20H18F3N3O2.C17H16F3N3O2/c1-19(2)15-5-3-4-13(18(27)25-28)14(15)10-26(19)17-9-11-8-12(20(21,22)23)6-7-16(11)24-17;1-16(2)12-5-3-4-10(13(25)9-24)11(12)8-23(16)15-7-21-14(6-22-15)17(18,19)20/h3-8,28H,9-10H2,1-2H3,(H,25,27);3-7,24H,8-9H2,1-2H3. The second kappa shape index (κ2) is 13.3. The van der Waals surface area contributed by atoms with Crippen molar-refractivity contribution >= 4 is 29.0 Å². The van der Waals surface area contributed by atoms with E-state index < -0.39 is 53.0 Å². The van der Waals surface area contributed by atoms with Crippen molar-refractivity contribution in [2.45, 2.75) is 70.6 Å². The SMILES string of the molecule is CC1(C)c2cccc(C(=O)CO)c2CN1c1cnc(C(F)(F)F)cn1.CC1(C)c2cccc(C(=O)NO)c2CN1C1=Nc2ccc(C(F)(F)F)cc2C1. The van der Waals surface area contributed by atoms with Crippen LogP contribution in [0, 0.1) is 0 Å². The molecule has 1 amide bonds. The maximum atomic E-state index is 13.0. The third-order valence-corrected chi connectivity index (χ3v) is 9.96. The Morgan fingerprint density at radius 2 is 1.42 bits per heavy atom. The van der Waals surface area contributed by atoms with Crippen LogP contribution in [0.1, 0.15) is 87.5 Å². The van der Waals surface area contributed by atoms with Gasteiger partial charge in [-0.3, -0.25) is 14.8 Å². The number of hydrogen-bond acceptors (Lipinski definition) is 9. The summed E-state index contributed by atoms with van der Waals surface area (Å²) in [5.41, 5.74) is 3.98. The molecule has 10 nitrogen and oxygen atoms in total. The fourth-order valence-corrected chi connectivity index (χ4v) is 7.19. The number of rotatable bonds is 4. The first kappa shape index (κ1) is 37.4. The monoisotopic (exact) mass is 740 g/mol. The lowest BCUT2D eigenvalue weighted by Gasteiger charge is -2.34. The van der Waals surface area contributed by atoms with Gasteiger partial charge < -0.3 is 14.9 Å². The molecule has 7 rings (SSSR count). The lowest BCUT2D eigenvalue weighted by molar-refractivity contribution is -0.141. The zero-order chi connectivity index (χ0) is 38.7. The Hall–Kier alpha value is -5.35. The van der Waals surface area contributed by atoms with Crippen LogP contribution in [0.2, 0.25) is 0 Å². The second-order valence-corrected chi connectivity index (χ2v) is 13.8. The summed E-state index contributed by atoms with van der Waals surface area (Å²) < 4.78 is 77.0.